The Morgan fingerprint density at radius 1 is 0.889 bits per heavy atom. The lowest BCUT2D eigenvalue weighted by atomic mass is 10.1. The van der Waals surface area contributed by atoms with Crippen molar-refractivity contribution in [3.63, 3.8) is 0 Å². The molecule has 5 heteroatoms. The molecule has 3 rings (SSSR count). The van der Waals surface area contributed by atoms with Gasteiger partial charge in [-0.3, -0.25) is 0 Å². The highest BCUT2D eigenvalue weighted by atomic mass is 19.1. The maximum Gasteiger partial charge on any atom is 0.315 e. The van der Waals surface area contributed by atoms with Crippen molar-refractivity contribution in [2.45, 2.75) is 12.6 Å². The summed E-state index contributed by atoms with van der Waals surface area (Å²) in [5.74, 6) is -0.275. The lowest BCUT2D eigenvalue weighted by molar-refractivity contribution is 0.221. The Hall–Kier alpha value is -3.34. The van der Waals surface area contributed by atoms with Crippen LogP contribution in [-0.2, 0) is 6.54 Å². The quantitative estimate of drug-likeness (QED) is 0.651. The average Bonchev–Trinajstić information content (AvgIpc) is 2.72. The number of para-hydroxylation sites is 1. The fourth-order valence-corrected chi connectivity index (χ4v) is 2.63. The number of nitrogens with one attached hydrogen (secondary N) is 2. The van der Waals surface area contributed by atoms with Crippen molar-refractivity contribution in [3.05, 3.63) is 102 Å². The third-order valence-electron chi connectivity index (χ3n) is 4.05. The fraction of sp³-hybridized carbons (Fsp3) is 0.136. The van der Waals surface area contributed by atoms with E-state index in [0.717, 1.165) is 11.1 Å². The van der Waals surface area contributed by atoms with Crippen LogP contribution in [0.25, 0.3) is 0 Å². The number of hydrogen-bond acceptors (Lipinski definition) is 2. The summed E-state index contributed by atoms with van der Waals surface area (Å²) in [6.07, 6.45) is 0. The van der Waals surface area contributed by atoms with E-state index in [4.69, 9.17) is 4.74 Å². The minimum atomic E-state index is -0.433. The van der Waals surface area contributed by atoms with Gasteiger partial charge in [-0.1, -0.05) is 72.8 Å². The van der Waals surface area contributed by atoms with Gasteiger partial charge in [-0.15, -0.1) is 0 Å². The molecule has 4 nitrogen and oxygen atoms in total. The summed E-state index contributed by atoms with van der Waals surface area (Å²) in [6.45, 7) is 0.534. The molecule has 0 aromatic heterocycles. The van der Waals surface area contributed by atoms with Crippen molar-refractivity contribution in [2.75, 3.05) is 6.61 Å². The van der Waals surface area contributed by atoms with Crippen molar-refractivity contribution in [3.8, 4) is 5.75 Å². The van der Waals surface area contributed by atoms with E-state index < -0.39 is 11.9 Å². The highest BCUT2D eigenvalue weighted by Crippen LogP contribution is 2.19. The van der Waals surface area contributed by atoms with E-state index in [0.29, 0.717) is 6.54 Å². The molecule has 0 aliphatic rings. The van der Waals surface area contributed by atoms with Crippen LogP contribution in [0.1, 0.15) is 17.2 Å². The van der Waals surface area contributed by atoms with E-state index in [1.807, 2.05) is 60.7 Å². The van der Waals surface area contributed by atoms with E-state index in [2.05, 4.69) is 10.6 Å². The number of halogens is 1. The predicted molar refractivity (Wildman–Crippen MR) is 103 cm³/mol. The third-order valence-corrected chi connectivity index (χ3v) is 4.05. The Kier molecular flexibility index (Phi) is 6.41. The zero-order chi connectivity index (χ0) is 18.9. The van der Waals surface area contributed by atoms with E-state index >= 15 is 0 Å². The van der Waals surface area contributed by atoms with Crippen LogP contribution in [-0.4, -0.2) is 12.6 Å². The molecule has 3 aromatic carbocycles. The summed E-state index contributed by atoms with van der Waals surface area (Å²) in [5.41, 5.74) is 1.88. The normalized spacial score (nSPS) is 11.4. The van der Waals surface area contributed by atoms with Crippen molar-refractivity contribution in [1.29, 1.82) is 0 Å². The molecule has 0 aliphatic carbocycles. The van der Waals surface area contributed by atoms with Crippen molar-refractivity contribution < 1.29 is 13.9 Å². The van der Waals surface area contributed by atoms with Gasteiger partial charge in [0, 0.05) is 6.54 Å². The third kappa shape index (κ3) is 5.57. The van der Waals surface area contributed by atoms with Crippen molar-refractivity contribution in [1.82, 2.24) is 10.6 Å². The average molecular weight is 364 g/mol. The number of carbonyl (C=O) groups is 1. The van der Waals surface area contributed by atoms with Gasteiger partial charge >= 0.3 is 6.03 Å². The highest BCUT2D eigenvalue weighted by molar-refractivity contribution is 5.74. The van der Waals surface area contributed by atoms with E-state index in [1.165, 1.54) is 6.07 Å². The summed E-state index contributed by atoms with van der Waals surface area (Å²) >= 11 is 0. The molecule has 0 spiro atoms. The first-order chi connectivity index (χ1) is 13.2. The lowest BCUT2D eigenvalue weighted by Crippen LogP contribution is -2.39. The molecular weight excluding hydrogens is 343 g/mol. The molecule has 0 aliphatic heterocycles. The SMILES string of the molecule is O=C(NCc1ccccc1)N[C@H](COc1ccccc1F)c1ccccc1. The Bertz CT molecular complexity index is 856. The summed E-state index contributed by atoms with van der Waals surface area (Å²) in [7, 11) is 0. The van der Waals surface area contributed by atoms with Gasteiger partial charge < -0.3 is 15.4 Å². The maximum atomic E-state index is 13.8. The second-order valence-electron chi connectivity index (χ2n) is 6.02. The fourth-order valence-electron chi connectivity index (χ4n) is 2.63. The Labute approximate surface area is 158 Å². The van der Waals surface area contributed by atoms with Crippen LogP contribution < -0.4 is 15.4 Å². The Balaban J connectivity index is 1.63. The van der Waals surface area contributed by atoms with Gasteiger partial charge in [-0.25, -0.2) is 9.18 Å². The van der Waals surface area contributed by atoms with Crippen LogP contribution in [0.15, 0.2) is 84.9 Å². The zero-order valence-corrected chi connectivity index (χ0v) is 14.8. The van der Waals surface area contributed by atoms with E-state index in [1.54, 1.807) is 18.2 Å². The van der Waals surface area contributed by atoms with Crippen LogP contribution in [0.2, 0.25) is 0 Å². The first kappa shape index (κ1) is 18.5. The predicted octanol–water partition coefficient (Wildman–Crippen LogP) is 4.45. The van der Waals surface area contributed by atoms with Gasteiger partial charge in [0.25, 0.3) is 0 Å². The van der Waals surface area contributed by atoms with E-state index in [-0.39, 0.29) is 18.4 Å². The Morgan fingerprint density at radius 2 is 1.52 bits per heavy atom. The van der Waals surface area contributed by atoms with Crippen LogP contribution in [0.4, 0.5) is 9.18 Å². The molecule has 0 saturated carbocycles. The minimum Gasteiger partial charge on any atom is -0.488 e. The summed E-state index contributed by atoms with van der Waals surface area (Å²) in [5, 5.41) is 5.72. The Morgan fingerprint density at radius 3 is 2.22 bits per heavy atom. The molecule has 0 saturated heterocycles. The second-order valence-corrected chi connectivity index (χ2v) is 6.02. The summed E-state index contributed by atoms with van der Waals surface area (Å²) in [4.78, 5) is 12.3. The number of carbonyl (C=O) groups excluding carboxylic acids is 1. The molecule has 0 bridgehead atoms. The standard InChI is InChI=1S/C22H21FN2O2/c23-19-13-7-8-14-21(19)27-16-20(18-11-5-2-6-12-18)25-22(26)24-15-17-9-3-1-4-10-17/h1-14,20H,15-16H2,(H2,24,25,26)/t20-/m1/s1. The second kappa shape index (κ2) is 9.38. The smallest absolute Gasteiger partial charge is 0.315 e. The highest BCUT2D eigenvalue weighted by Gasteiger charge is 2.16. The number of ether oxygens (including phenoxy) is 1. The molecule has 3 aromatic rings. The summed E-state index contributed by atoms with van der Waals surface area (Å²) < 4.78 is 19.4. The zero-order valence-electron chi connectivity index (χ0n) is 14.8. The molecule has 0 unspecified atom stereocenters. The number of benzene rings is 3. The van der Waals surface area contributed by atoms with E-state index in [9.17, 15) is 9.18 Å². The van der Waals surface area contributed by atoms with Crippen LogP contribution in [0.3, 0.4) is 0 Å². The van der Waals surface area contributed by atoms with Crippen LogP contribution in [0.5, 0.6) is 5.75 Å². The molecule has 27 heavy (non-hydrogen) atoms. The molecule has 2 N–H and O–H groups in total. The minimum absolute atomic E-state index is 0.115. The number of rotatable bonds is 7. The maximum absolute atomic E-state index is 13.8. The molecule has 0 heterocycles. The number of hydrogen-bond donors (Lipinski definition) is 2. The first-order valence-electron chi connectivity index (χ1n) is 8.73. The largest absolute Gasteiger partial charge is 0.488 e. The topological polar surface area (TPSA) is 50.4 Å². The summed E-state index contributed by atoms with van der Waals surface area (Å²) in [6, 6.07) is 24.6. The lowest BCUT2D eigenvalue weighted by Gasteiger charge is -2.20. The van der Waals surface area contributed by atoms with Gasteiger partial charge in [0.2, 0.25) is 0 Å². The van der Waals surface area contributed by atoms with Crippen molar-refractivity contribution in [2.24, 2.45) is 0 Å². The molecule has 0 fully saturated rings. The molecule has 138 valence electrons. The number of amides is 2. The molecule has 0 radical (unpaired) electrons. The van der Waals surface area contributed by atoms with Gasteiger partial charge in [0.05, 0.1) is 6.04 Å². The first-order valence-corrected chi connectivity index (χ1v) is 8.73. The van der Waals surface area contributed by atoms with Crippen LogP contribution >= 0.6 is 0 Å². The molecule has 2 amide bonds. The monoisotopic (exact) mass is 364 g/mol. The van der Waals surface area contributed by atoms with Gasteiger partial charge in [-0.2, -0.15) is 0 Å². The van der Waals surface area contributed by atoms with Gasteiger partial charge in [0.1, 0.15) is 6.61 Å². The van der Waals surface area contributed by atoms with Gasteiger partial charge in [0.15, 0.2) is 11.6 Å². The van der Waals surface area contributed by atoms with Crippen LogP contribution in [0, 0.1) is 5.82 Å². The number of urea groups is 1. The van der Waals surface area contributed by atoms with Crippen molar-refractivity contribution >= 4 is 6.03 Å². The van der Waals surface area contributed by atoms with Gasteiger partial charge in [-0.05, 0) is 23.3 Å². The molecule has 1 atom stereocenters. The molecular formula is C22H21FN2O2.